The van der Waals surface area contributed by atoms with E-state index in [1.165, 1.54) is 12.1 Å². The van der Waals surface area contributed by atoms with Crippen molar-refractivity contribution in [2.24, 2.45) is 0 Å². The van der Waals surface area contributed by atoms with Gasteiger partial charge >= 0.3 is 12.1 Å². The number of halogens is 3. The molecule has 4 aliphatic heterocycles. The van der Waals surface area contributed by atoms with E-state index in [1.54, 1.807) is 13.0 Å². The van der Waals surface area contributed by atoms with Crippen LogP contribution in [-0.2, 0) is 20.4 Å². The van der Waals surface area contributed by atoms with Gasteiger partial charge in [-0.2, -0.15) is 13.2 Å². The molecular weight excluding hydrogens is 475 g/mol. The van der Waals surface area contributed by atoms with Crippen LogP contribution < -0.4 is 4.90 Å². The number of hydrogen-bond acceptors (Lipinski definition) is 7. The zero-order chi connectivity index (χ0) is 25.5. The Labute approximate surface area is 209 Å². The predicted octanol–water partition coefficient (Wildman–Crippen LogP) is 3.03. The number of aliphatic hydroxyl groups is 1. The number of carbonyl (C=O) groups is 1. The average Bonchev–Trinajstić information content (AvgIpc) is 3.13. The Morgan fingerprint density at radius 1 is 1.06 bits per heavy atom. The molecule has 3 fully saturated rings. The Bertz CT molecular complexity index is 992. The van der Waals surface area contributed by atoms with Gasteiger partial charge in [-0.25, -0.2) is 4.79 Å². The number of piperazine rings is 1. The summed E-state index contributed by atoms with van der Waals surface area (Å²) in [6.45, 7) is 6.75. The van der Waals surface area contributed by atoms with E-state index in [-0.39, 0.29) is 5.97 Å². The van der Waals surface area contributed by atoms with Gasteiger partial charge in [0.25, 0.3) is 0 Å². The molecule has 3 saturated heterocycles. The molecule has 10 heteroatoms. The number of anilines is 1. The van der Waals surface area contributed by atoms with Gasteiger partial charge in [0.2, 0.25) is 0 Å². The van der Waals surface area contributed by atoms with Crippen LogP contribution in [0.2, 0.25) is 0 Å². The van der Waals surface area contributed by atoms with Crippen molar-refractivity contribution >= 4 is 11.7 Å². The van der Waals surface area contributed by atoms with E-state index in [4.69, 9.17) is 9.47 Å². The molecule has 1 aromatic carbocycles. The molecule has 4 aliphatic rings. The highest BCUT2D eigenvalue weighted by atomic mass is 19.4. The first-order chi connectivity index (χ1) is 17.2. The number of hydrogen-bond donors (Lipinski definition) is 1. The minimum absolute atomic E-state index is 0.369. The van der Waals surface area contributed by atoms with Gasteiger partial charge in [0, 0.05) is 88.2 Å². The summed E-state index contributed by atoms with van der Waals surface area (Å²) in [5.74, 6) is -0.369. The summed E-state index contributed by atoms with van der Waals surface area (Å²) in [5, 5.41) is 11.4. The van der Waals surface area contributed by atoms with Gasteiger partial charge in [0.05, 0.1) is 5.56 Å². The number of nitrogens with zero attached hydrogens (tertiary/aromatic N) is 3. The summed E-state index contributed by atoms with van der Waals surface area (Å²) >= 11 is 0. The molecule has 7 nitrogen and oxygen atoms in total. The summed E-state index contributed by atoms with van der Waals surface area (Å²) in [4.78, 5) is 18.9. The van der Waals surface area contributed by atoms with Crippen LogP contribution in [0.25, 0.3) is 0 Å². The zero-order valence-corrected chi connectivity index (χ0v) is 20.6. The van der Waals surface area contributed by atoms with E-state index in [0.29, 0.717) is 61.9 Å². The molecule has 0 radical (unpaired) electrons. The average molecular weight is 510 g/mol. The summed E-state index contributed by atoms with van der Waals surface area (Å²) in [6.07, 6.45) is -2.05. The smallest absolute Gasteiger partial charge is 0.416 e. The van der Waals surface area contributed by atoms with E-state index in [9.17, 15) is 23.1 Å². The van der Waals surface area contributed by atoms with Crippen LogP contribution in [-0.4, -0.2) is 91.2 Å². The third kappa shape index (κ3) is 4.88. The Morgan fingerprint density at radius 3 is 2.36 bits per heavy atom. The number of ether oxygens (including phenoxy) is 2. The van der Waals surface area contributed by atoms with Crippen LogP contribution in [0.5, 0.6) is 0 Å². The van der Waals surface area contributed by atoms with Gasteiger partial charge in [-0.15, -0.1) is 0 Å². The summed E-state index contributed by atoms with van der Waals surface area (Å²) < 4.78 is 50.8. The maximum atomic E-state index is 13.1. The van der Waals surface area contributed by atoms with Crippen molar-refractivity contribution in [3.63, 3.8) is 0 Å². The monoisotopic (exact) mass is 509 g/mol. The molecular formula is C26H34F3N3O4. The van der Waals surface area contributed by atoms with Crippen molar-refractivity contribution in [2.75, 3.05) is 57.4 Å². The number of carbonyl (C=O) groups excluding carboxylic acids is 1. The van der Waals surface area contributed by atoms with Crippen LogP contribution in [0.1, 0.15) is 38.2 Å². The first-order valence-electron chi connectivity index (χ1n) is 12.8. The first-order valence-corrected chi connectivity index (χ1v) is 12.8. The SMILES string of the molecule is CC1=C(C(O)N2CCN(c3cccc(C(F)(F)F)c3)CC2)C2(CCN(C3CCOCC3)CC2)OC1=O. The molecule has 198 valence electrons. The molecule has 1 aromatic rings. The Morgan fingerprint density at radius 2 is 1.72 bits per heavy atom. The van der Waals surface area contributed by atoms with Gasteiger partial charge in [-0.1, -0.05) is 6.07 Å². The lowest BCUT2D eigenvalue weighted by Gasteiger charge is -2.46. The summed E-state index contributed by atoms with van der Waals surface area (Å²) in [6, 6.07) is 5.83. The third-order valence-electron chi connectivity index (χ3n) is 8.26. The fraction of sp³-hybridized carbons (Fsp3) is 0.654. The Balaban J connectivity index is 1.25. The van der Waals surface area contributed by atoms with Gasteiger partial charge < -0.3 is 19.5 Å². The number of rotatable bonds is 4. The highest BCUT2D eigenvalue weighted by Gasteiger charge is 2.52. The lowest BCUT2D eigenvalue weighted by molar-refractivity contribution is -0.152. The molecule has 0 bridgehead atoms. The number of benzene rings is 1. The lowest BCUT2D eigenvalue weighted by Crippen LogP contribution is -2.56. The molecule has 0 aliphatic carbocycles. The minimum Gasteiger partial charge on any atom is -0.451 e. The van der Waals surface area contributed by atoms with Crippen LogP contribution in [0.4, 0.5) is 18.9 Å². The minimum atomic E-state index is -4.39. The maximum Gasteiger partial charge on any atom is 0.416 e. The normalized spacial score (nSPS) is 25.5. The molecule has 1 spiro atoms. The Kier molecular flexibility index (Phi) is 7.06. The molecule has 1 atom stereocenters. The molecule has 5 rings (SSSR count). The molecule has 1 N–H and O–H groups in total. The lowest BCUT2D eigenvalue weighted by atomic mass is 9.81. The largest absolute Gasteiger partial charge is 0.451 e. The topological polar surface area (TPSA) is 65.5 Å². The van der Waals surface area contributed by atoms with E-state index in [2.05, 4.69) is 4.90 Å². The van der Waals surface area contributed by atoms with Crippen LogP contribution in [0.15, 0.2) is 35.4 Å². The van der Waals surface area contributed by atoms with E-state index in [0.717, 1.165) is 45.2 Å². The third-order valence-corrected chi connectivity index (χ3v) is 8.26. The summed E-state index contributed by atoms with van der Waals surface area (Å²) in [5.41, 5.74) is 0.194. The number of esters is 1. The highest BCUT2D eigenvalue weighted by Crippen LogP contribution is 2.44. The molecule has 0 saturated carbocycles. The Hall–Kier alpha value is -2.14. The molecule has 1 unspecified atom stereocenters. The molecule has 0 aromatic heterocycles. The van der Waals surface area contributed by atoms with Crippen molar-refractivity contribution in [1.82, 2.24) is 9.80 Å². The fourth-order valence-electron chi connectivity index (χ4n) is 6.15. The van der Waals surface area contributed by atoms with E-state index in [1.807, 2.05) is 9.80 Å². The molecule has 4 heterocycles. The fourth-order valence-corrected chi connectivity index (χ4v) is 6.15. The van der Waals surface area contributed by atoms with Crippen molar-refractivity contribution in [3.05, 3.63) is 41.0 Å². The summed E-state index contributed by atoms with van der Waals surface area (Å²) in [7, 11) is 0. The van der Waals surface area contributed by atoms with Gasteiger partial charge in [-0.05, 0) is 38.0 Å². The maximum absolute atomic E-state index is 13.1. The second-order valence-electron chi connectivity index (χ2n) is 10.2. The molecule has 36 heavy (non-hydrogen) atoms. The van der Waals surface area contributed by atoms with Crippen molar-refractivity contribution < 1.29 is 32.5 Å². The predicted molar refractivity (Wildman–Crippen MR) is 127 cm³/mol. The van der Waals surface area contributed by atoms with Crippen molar-refractivity contribution in [2.45, 2.75) is 56.7 Å². The number of piperidine rings is 1. The van der Waals surface area contributed by atoms with Gasteiger partial charge in [0.1, 0.15) is 11.8 Å². The van der Waals surface area contributed by atoms with Crippen LogP contribution in [0, 0.1) is 0 Å². The van der Waals surface area contributed by atoms with E-state index < -0.39 is 23.6 Å². The van der Waals surface area contributed by atoms with Crippen LogP contribution in [0.3, 0.4) is 0 Å². The number of aliphatic hydroxyl groups excluding tert-OH is 1. The highest BCUT2D eigenvalue weighted by molar-refractivity contribution is 5.92. The zero-order valence-electron chi connectivity index (χ0n) is 20.6. The second-order valence-corrected chi connectivity index (χ2v) is 10.2. The number of alkyl halides is 3. The number of likely N-dealkylation sites (tertiary alicyclic amines) is 1. The first kappa shape index (κ1) is 25.5. The van der Waals surface area contributed by atoms with Gasteiger partial charge in [0.15, 0.2) is 0 Å². The second kappa shape index (κ2) is 9.96. The molecule has 0 amide bonds. The van der Waals surface area contributed by atoms with Crippen molar-refractivity contribution in [3.8, 4) is 0 Å². The van der Waals surface area contributed by atoms with E-state index >= 15 is 0 Å². The van der Waals surface area contributed by atoms with Crippen molar-refractivity contribution in [1.29, 1.82) is 0 Å². The standard InChI is InChI=1S/C26H34F3N3O4/c1-18-22(25(36-24(18)34)7-9-30(10-8-25)20-5-15-35-16-6-20)23(33)32-13-11-31(12-14-32)21-4-2-3-19(17-21)26(27,28)29/h2-4,17,20,23,33H,5-16H2,1H3. The van der Waals surface area contributed by atoms with Gasteiger partial charge in [-0.3, -0.25) is 9.80 Å². The quantitative estimate of drug-likeness (QED) is 0.626. The van der Waals surface area contributed by atoms with Crippen LogP contribution >= 0.6 is 0 Å².